The Bertz CT molecular complexity index is 519. The molecule has 2 aliphatic heterocycles. The van der Waals surface area contributed by atoms with E-state index in [2.05, 4.69) is 26.0 Å². The minimum absolute atomic E-state index is 0.0144. The average Bonchev–Trinajstić information content (AvgIpc) is 2.68. The molecule has 1 amide bonds. The van der Waals surface area contributed by atoms with Gasteiger partial charge in [0.1, 0.15) is 0 Å². The fourth-order valence-electron chi connectivity index (χ4n) is 2.99. The van der Waals surface area contributed by atoms with Crippen LogP contribution in [0.5, 0.6) is 0 Å². The van der Waals surface area contributed by atoms with Crippen LogP contribution in [0.3, 0.4) is 0 Å². The van der Waals surface area contributed by atoms with Crippen LogP contribution in [0.25, 0.3) is 0 Å². The number of carbonyl (C=O) groups excluding carboxylic acids is 1. The van der Waals surface area contributed by atoms with Gasteiger partial charge in [0.25, 0.3) is 0 Å². The van der Waals surface area contributed by atoms with Gasteiger partial charge >= 0.3 is 0 Å². The van der Waals surface area contributed by atoms with Gasteiger partial charge in [-0.05, 0) is 29.5 Å². The molecule has 0 unspecified atom stereocenters. The standard InChI is InChI=1S/C15H20N2O/c1-15(2,9-16)12-6-10-4-3-5-17-13(18)8-11(7-12)14(10)17/h6-7H,3-5,8-9,16H2,1-2H3. The molecule has 2 N–H and O–H groups in total. The number of anilines is 1. The molecule has 0 spiro atoms. The largest absolute Gasteiger partial charge is 0.330 e. The zero-order valence-corrected chi connectivity index (χ0v) is 11.1. The van der Waals surface area contributed by atoms with Crippen molar-refractivity contribution in [2.24, 2.45) is 5.73 Å². The maximum absolute atomic E-state index is 12.0. The third kappa shape index (κ3) is 1.57. The molecule has 0 saturated carbocycles. The first-order chi connectivity index (χ1) is 8.53. The second-order valence-electron chi connectivity index (χ2n) is 6.06. The number of benzene rings is 1. The predicted molar refractivity (Wildman–Crippen MR) is 72.9 cm³/mol. The van der Waals surface area contributed by atoms with E-state index in [4.69, 9.17) is 5.73 Å². The summed E-state index contributed by atoms with van der Waals surface area (Å²) < 4.78 is 0. The Morgan fingerprint density at radius 1 is 1.33 bits per heavy atom. The van der Waals surface area contributed by atoms with Crippen LogP contribution in [0.15, 0.2) is 12.1 Å². The normalized spacial score (nSPS) is 18.2. The van der Waals surface area contributed by atoms with E-state index in [0.29, 0.717) is 13.0 Å². The Labute approximate surface area is 108 Å². The summed E-state index contributed by atoms with van der Waals surface area (Å²) in [7, 11) is 0. The Morgan fingerprint density at radius 2 is 2.06 bits per heavy atom. The molecule has 18 heavy (non-hydrogen) atoms. The summed E-state index contributed by atoms with van der Waals surface area (Å²) in [5.74, 6) is 0.258. The van der Waals surface area contributed by atoms with Crippen LogP contribution in [-0.2, 0) is 23.1 Å². The van der Waals surface area contributed by atoms with Crippen molar-refractivity contribution in [2.75, 3.05) is 18.0 Å². The summed E-state index contributed by atoms with van der Waals surface area (Å²) in [5, 5.41) is 0. The molecular formula is C15H20N2O. The van der Waals surface area contributed by atoms with Gasteiger partial charge in [-0.25, -0.2) is 0 Å². The number of amides is 1. The van der Waals surface area contributed by atoms with Gasteiger partial charge in [0.15, 0.2) is 0 Å². The van der Waals surface area contributed by atoms with Crippen molar-refractivity contribution in [1.29, 1.82) is 0 Å². The molecule has 1 aromatic rings. The van der Waals surface area contributed by atoms with E-state index in [0.717, 1.165) is 19.4 Å². The highest BCUT2D eigenvalue weighted by Gasteiger charge is 2.33. The first-order valence-corrected chi connectivity index (χ1v) is 6.69. The summed E-state index contributed by atoms with van der Waals surface area (Å²) >= 11 is 0. The zero-order valence-electron chi connectivity index (χ0n) is 11.1. The molecule has 3 rings (SSSR count). The maximum atomic E-state index is 12.0. The van der Waals surface area contributed by atoms with Gasteiger partial charge in [-0.2, -0.15) is 0 Å². The molecular weight excluding hydrogens is 224 g/mol. The van der Waals surface area contributed by atoms with Gasteiger partial charge < -0.3 is 10.6 Å². The molecule has 96 valence electrons. The highest BCUT2D eigenvalue weighted by atomic mass is 16.2. The van der Waals surface area contributed by atoms with Crippen molar-refractivity contribution in [3.63, 3.8) is 0 Å². The molecule has 0 atom stereocenters. The van der Waals surface area contributed by atoms with Crippen molar-refractivity contribution in [2.45, 2.75) is 38.5 Å². The highest BCUT2D eigenvalue weighted by molar-refractivity contribution is 6.02. The van der Waals surface area contributed by atoms with E-state index in [1.54, 1.807) is 0 Å². The van der Waals surface area contributed by atoms with E-state index in [9.17, 15) is 4.79 Å². The zero-order chi connectivity index (χ0) is 12.9. The SMILES string of the molecule is CC(C)(CN)c1cc2c3c(c1)CC(=O)N3CCC2. The number of carbonyl (C=O) groups is 1. The van der Waals surface area contributed by atoms with Crippen molar-refractivity contribution < 1.29 is 4.79 Å². The number of hydrogen-bond acceptors (Lipinski definition) is 2. The summed E-state index contributed by atoms with van der Waals surface area (Å²) in [6.07, 6.45) is 2.72. The van der Waals surface area contributed by atoms with Gasteiger partial charge in [-0.1, -0.05) is 26.0 Å². The van der Waals surface area contributed by atoms with Crippen molar-refractivity contribution in [3.05, 3.63) is 28.8 Å². The predicted octanol–water partition coefficient (Wildman–Crippen LogP) is 1.76. The lowest BCUT2D eigenvalue weighted by atomic mass is 9.81. The molecule has 3 heteroatoms. The molecule has 3 nitrogen and oxygen atoms in total. The van der Waals surface area contributed by atoms with Crippen LogP contribution >= 0.6 is 0 Å². The fourth-order valence-corrected chi connectivity index (χ4v) is 2.99. The Kier molecular flexibility index (Phi) is 2.49. The summed E-state index contributed by atoms with van der Waals surface area (Å²) in [4.78, 5) is 13.9. The molecule has 0 fully saturated rings. The molecule has 2 aliphatic rings. The average molecular weight is 244 g/mol. The lowest BCUT2D eigenvalue weighted by Gasteiger charge is -2.29. The quantitative estimate of drug-likeness (QED) is 0.861. The van der Waals surface area contributed by atoms with Gasteiger partial charge in [0.05, 0.1) is 12.1 Å². The number of nitrogens with zero attached hydrogens (tertiary/aromatic N) is 1. The Balaban J connectivity index is 2.15. The molecule has 0 aliphatic carbocycles. The second-order valence-corrected chi connectivity index (χ2v) is 6.06. The highest BCUT2D eigenvalue weighted by Crippen LogP contribution is 2.39. The number of hydrogen-bond donors (Lipinski definition) is 1. The molecule has 0 bridgehead atoms. The first-order valence-electron chi connectivity index (χ1n) is 6.69. The van der Waals surface area contributed by atoms with Crippen LogP contribution in [0.4, 0.5) is 5.69 Å². The molecule has 0 aromatic heterocycles. The maximum Gasteiger partial charge on any atom is 0.231 e. The van der Waals surface area contributed by atoms with E-state index < -0.39 is 0 Å². The third-order valence-electron chi connectivity index (χ3n) is 4.30. The van der Waals surface area contributed by atoms with Gasteiger partial charge in [0.2, 0.25) is 5.91 Å². The first kappa shape index (κ1) is 11.7. The van der Waals surface area contributed by atoms with Crippen LogP contribution in [0.2, 0.25) is 0 Å². The fraction of sp³-hybridized carbons (Fsp3) is 0.533. The van der Waals surface area contributed by atoms with E-state index in [1.807, 2.05) is 4.90 Å². The minimum atomic E-state index is -0.0144. The summed E-state index contributed by atoms with van der Waals surface area (Å²) in [6, 6.07) is 4.45. The lowest BCUT2D eigenvalue weighted by molar-refractivity contribution is -0.117. The van der Waals surface area contributed by atoms with Gasteiger partial charge in [0, 0.05) is 18.5 Å². The van der Waals surface area contributed by atoms with E-state index >= 15 is 0 Å². The van der Waals surface area contributed by atoms with E-state index in [-0.39, 0.29) is 11.3 Å². The topological polar surface area (TPSA) is 46.3 Å². The van der Waals surface area contributed by atoms with Crippen LogP contribution in [-0.4, -0.2) is 19.0 Å². The van der Waals surface area contributed by atoms with Gasteiger partial charge in [-0.15, -0.1) is 0 Å². The number of rotatable bonds is 2. The van der Waals surface area contributed by atoms with Crippen LogP contribution < -0.4 is 10.6 Å². The third-order valence-corrected chi connectivity index (χ3v) is 4.30. The molecule has 0 saturated heterocycles. The summed E-state index contributed by atoms with van der Waals surface area (Å²) in [6.45, 7) is 5.85. The second kappa shape index (κ2) is 3.82. The summed E-state index contributed by atoms with van der Waals surface area (Å²) in [5.41, 5.74) is 10.9. The Hall–Kier alpha value is -1.35. The lowest BCUT2D eigenvalue weighted by Crippen LogP contribution is -2.32. The molecule has 1 aromatic carbocycles. The van der Waals surface area contributed by atoms with Crippen molar-refractivity contribution in [1.82, 2.24) is 0 Å². The monoisotopic (exact) mass is 244 g/mol. The van der Waals surface area contributed by atoms with Crippen LogP contribution in [0.1, 0.15) is 37.0 Å². The van der Waals surface area contributed by atoms with Crippen molar-refractivity contribution >= 4 is 11.6 Å². The van der Waals surface area contributed by atoms with E-state index in [1.165, 1.54) is 22.4 Å². The Morgan fingerprint density at radius 3 is 2.78 bits per heavy atom. The van der Waals surface area contributed by atoms with Crippen LogP contribution in [0, 0.1) is 0 Å². The minimum Gasteiger partial charge on any atom is -0.330 e. The van der Waals surface area contributed by atoms with Crippen molar-refractivity contribution in [3.8, 4) is 0 Å². The molecule has 2 heterocycles. The number of aryl methyl sites for hydroxylation is 1. The van der Waals surface area contributed by atoms with Gasteiger partial charge in [-0.3, -0.25) is 4.79 Å². The molecule has 0 radical (unpaired) electrons. The number of nitrogens with two attached hydrogens (primary N) is 1. The smallest absolute Gasteiger partial charge is 0.231 e.